The molecule has 38 heavy (non-hydrogen) atoms. The second kappa shape index (κ2) is 15.8. The largest absolute Gasteiger partial charge is 0.371 e. The van der Waals surface area contributed by atoms with Crippen molar-refractivity contribution in [1.29, 1.82) is 0 Å². The lowest BCUT2D eigenvalue weighted by molar-refractivity contribution is -0.132. The van der Waals surface area contributed by atoms with Crippen LogP contribution >= 0.6 is 0 Å². The van der Waals surface area contributed by atoms with E-state index in [0.717, 1.165) is 50.2 Å². The third kappa shape index (κ3) is 9.68. The number of hydrogen-bond donors (Lipinski definition) is 1. The Balaban J connectivity index is 0.000000624. The number of hydrogen-bond acceptors (Lipinski definition) is 5. The topological polar surface area (TPSA) is 48.1 Å². The molecule has 1 amide bonds. The van der Waals surface area contributed by atoms with Gasteiger partial charge in [-0.3, -0.25) is 4.79 Å². The van der Waals surface area contributed by atoms with E-state index in [1.807, 2.05) is 42.3 Å². The lowest BCUT2D eigenvalue weighted by Gasteiger charge is -2.41. The average Bonchev–Trinajstić information content (AvgIpc) is 3.05. The Labute approximate surface area is 230 Å². The second-order valence-electron chi connectivity index (χ2n) is 10.9. The summed E-state index contributed by atoms with van der Waals surface area (Å²) < 4.78 is 18.4. The maximum absolute atomic E-state index is 12.7. The van der Waals surface area contributed by atoms with Crippen molar-refractivity contribution >= 4 is 5.91 Å². The van der Waals surface area contributed by atoms with Gasteiger partial charge in [-0.2, -0.15) is 0 Å². The number of rotatable bonds is 10. The first-order chi connectivity index (χ1) is 18.1. The summed E-state index contributed by atoms with van der Waals surface area (Å²) in [7, 11) is 4.02. The smallest absolute Gasteiger partial charge is 0.248 e. The molecule has 212 valence electrons. The van der Waals surface area contributed by atoms with Crippen LogP contribution in [0.15, 0.2) is 66.4 Å². The molecule has 0 radical (unpaired) electrons. The highest BCUT2D eigenvalue weighted by atomic mass is 19.1. The minimum Gasteiger partial charge on any atom is -0.371 e. The average molecular weight is 529 g/mol. The molecule has 2 aliphatic heterocycles. The van der Waals surface area contributed by atoms with E-state index in [-0.39, 0.29) is 30.0 Å². The highest BCUT2D eigenvalue weighted by Crippen LogP contribution is 2.31. The molecule has 0 aromatic heterocycles. The quantitative estimate of drug-likeness (QED) is 0.456. The highest BCUT2D eigenvalue weighted by Gasteiger charge is 2.35. The van der Waals surface area contributed by atoms with Crippen LogP contribution in [0.3, 0.4) is 0 Å². The highest BCUT2D eigenvalue weighted by molar-refractivity contribution is 5.77. The molecule has 0 bridgehead atoms. The molecule has 1 aromatic carbocycles. The van der Waals surface area contributed by atoms with Gasteiger partial charge in [0.15, 0.2) is 0 Å². The van der Waals surface area contributed by atoms with Gasteiger partial charge in [-0.15, -0.1) is 0 Å². The van der Waals surface area contributed by atoms with Crippen molar-refractivity contribution in [3.63, 3.8) is 0 Å². The summed E-state index contributed by atoms with van der Waals surface area (Å²) in [6, 6.07) is 10.7. The molecule has 2 aliphatic rings. The Morgan fingerprint density at radius 2 is 2.03 bits per heavy atom. The summed E-state index contributed by atoms with van der Waals surface area (Å²) in [4.78, 5) is 16.2. The van der Waals surface area contributed by atoms with E-state index in [9.17, 15) is 9.18 Å². The molecule has 0 aliphatic carbocycles. The van der Waals surface area contributed by atoms with E-state index in [1.165, 1.54) is 5.56 Å². The molecule has 3 rings (SSSR count). The van der Waals surface area contributed by atoms with Crippen molar-refractivity contribution in [2.45, 2.75) is 59.0 Å². The van der Waals surface area contributed by atoms with Gasteiger partial charge in [0.1, 0.15) is 13.3 Å². The maximum atomic E-state index is 12.7. The number of halogens is 1. The number of carbonyl (C=O) groups excluding carboxylic acids is 1. The SMILES string of the molecule is C=CC1=C(/C=C\CF)N(C(C)C)NC(CN(C)CCC2(CC)COCC(=O)N(C)C2)C1.Cc1ccccc1. The van der Waals surface area contributed by atoms with E-state index in [0.29, 0.717) is 6.61 Å². The molecule has 2 atom stereocenters. The Hall–Kier alpha value is -2.48. The number of benzene rings is 1. The molecule has 1 saturated heterocycles. The zero-order valence-corrected chi connectivity index (χ0v) is 24.4. The van der Waals surface area contributed by atoms with Gasteiger partial charge in [-0.25, -0.2) is 9.82 Å². The molecular formula is C31H49FN4O2. The number of aryl methyl sites for hydroxylation is 1. The molecule has 0 saturated carbocycles. The normalized spacial score (nSPS) is 22.7. The molecule has 1 N–H and O–H groups in total. The van der Waals surface area contributed by atoms with Crippen LogP contribution in [0.1, 0.15) is 45.6 Å². The van der Waals surface area contributed by atoms with E-state index in [4.69, 9.17) is 4.74 Å². The number of likely N-dealkylation sites (N-methyl/N-ethyl adjacent to an activating group) is 2. The molecule has 2 heterocycles. The Bertz CT molecular complexity index is 933. The summed E-state index contributed by atoms with van der Waals surface area (Å²) in [5, 5.41) is 2.12. The van der Waals surface area contributed by atoms with Gasteiger partial charge >= 0.3 is 0 Å². The Kier molecular flexibility index (Phi) is 13.2. The predicted molar refractivity (Wildman–Crippen MR) is 155 cm³/mol. The maximum Gasteiger partial charge on any atom is 0.248 e. The first kappa shape index (κ1) is 31.7. The van der Waals surface area contributed by atoms with Crippen molar-refractivity contribution < 1.29 is 13.9 Å². The van der Waals surface area contributed by atoms with E-state index >= 15 is 0 Å². The van der Waals surface area contributed by atoms with Gasteiger partial charge < -0.3 is 19.5 Å². The first-order valence-corrected chi connectivity index (χ1v) is 13.8. The summed E-state index contributed by atoms with van der Waals surface area (Å²) in [6.45, 7) is 15.4. The molecule has 1 aromatic rings. The Morgan fingerprint density at radius 3 is 2.58 bits per heavy atom. The summed E-state index contributed by atoms with van der Waals surface area (Å²) in [6.07, 6.45) is 8.09. The van der Waals surface area contributed by atoms with Crippen molar-refractivity contribution in [2.24, 2.45) is 5.41 Å². The summed E-state index contributed by atoms with van der Waals surface area (Å²) in [5.74, 6) is 0.0604. The van der Waals surface area contributed by atoms with Crippen LogP contribution in [0.5, 0.6) is 0 Å². The number of nitrogens with one attached hydrogen (secondary N) is 1. The third-order valence-electron chi connectivity index (χ3n) is 7.38. The van der Waals surface area contributed by atoms with Crippen LogP contribution in [0, 0.1) is 12.3 Å². The number of amides is 1. The van der Waals surface area contributed by atoms with Crippen LogP contribution in [-0.4, -0.2) is 86.4 Å². The van der Waals surface area contributed by atoms with Crippen LogP contribution in [-0.2, 0) is 9.53 Å². The fraction of sp³-hybridized carbons (Fsp3) is 0.581. The number of allylic oxidation sites excluding steroid dienone is 3. The molecular weight excluding hydrogens is 479 g/mol. The lowest BCUT2D eigenvalue weighted by Crippen LogP contribution is -2.54. The van der Waals surface area contributed by atoms with Crippen LogP contribution in [0.25, 0.3) is 0 Å². The van der Waals surface area contributed by atoms with Gasteiger partial charge in [-0.05, 0) is 65.3 Å². The summed E-state index contributed by atoms with van der Waals surface area (Å²) >= 11 is 0. The van der Waals surface area contributed by atoms with Crippen molar-refractivity contribution in [3.05, 3.63) is 72.0 Å². The zero-order valence-electron chi connectivity index (χ0n) is 24.4. The number of hydrazine groups is 1. The minimum absolute atomic E-state index is 0.00432. The minimum atomic E-state index is -0.476. The molecule has 2 unspecified atom stereocenters. The molecule has 1 fully saturated rings. The van der Waals surface area contributed by atoms with Crippen LogP contribution in [0.2, 0.25) is 0 Å². The van der Waals surface area contributed by atoms with Crippen molar-refractivity contribution in [1.82, 2.24) is 20.2 Å². The fourth-order valence-corrected chi connectivity index (χ4v) is 4.97. The van der Waals surface area contributed by atoms with Gasteiger partial charge in [0.05, 0.1) is 12.3 Å². The van der Waals surface area contributed by atoms with E-state index < -0.39 is 6.67 Å². The second-order valence-corrected chi connectivity index (χ2v) is 10.9. The molecule has 0 spiro atoms. The first-order valence-electron chi connectivity index (χ1n) is 13.8. The standard InChI is InChI=1S/C24H41FN4O2.C7H8/c1-7-20-14-21(26-29(19(3)4)22(20)10-9-12-25)15-27(5)13-11-24(8-2)17-28(6)23(30)16-31-18-24;1-7-5-3-2-4-6-7/h7,9-10,19,21,26H,1,8,11-18H2,2-6H3;2-6H,1H3/b10-9-;. The van der Waals surface area contributed by atoms with Crippen LogP contribution < -0.4 is 5.43 Å². The number of alkyl halides is 1. The monoisotopic (exact) mass is 528 g/mol. The number of carbonyl (C=O) groups is 1. The molecule has 6 nitrogen and oxygen atoms in total. The van der Waals surface area contributed by atoms with E-state index in [2.05, 4.69) is 68.8 Å². The van der Waals surface area contributed by atoms with Gasteiger partial charge in [0.25, 0.3) is 0 Å². The van der Waals surface area contributed by atoms with Gasteiger partial charge in [0, 0.05) is 37.6 Å². The Morgan fingerprint density at radius 1 is 1.32 bits per heavy atom. The summed E-state index contributed by atoms with van der Waals surface area (Å²) in [5.41, 5.74) is 7.08. The van der Waals surface area contributed by atoms with Crippen molar-refractivity contribution in [3.8, 4) is 0 Å². The predicted octanol–water partition coefficient (Wildman–Crippen LogP) is 5.14. The third-order valence-corrected chi connectivity index (χ3v) is 7.38. The fourth-order valence-electron chi connectivity index (χ4n) is 4.97. The number of nitrogens with zero attached hydrogens (tertiary/aromatic N) is 3. The van der Waals surface area contributed by atoms with E-state index in [1.54, 1.807) is 6.08 Å². The van der Waals surface area contributed by atoms with Gasteiger partial charge in [0.2, 0.25) is 5.91 Å². The van der Waals surface area contributed by atoms with Crippen LogP contribution in [0.4, 0.5) is 4.39 Å². The zero-order chi connectivity index (χ0) is 28.1. The number of ether oxygens (including phenoxy) is 1. The lowest BCUT2D eigenvalue weighted by atomic mass is 9.82. The molecule has 7 heteroatoms. The van der Waals surface area contributed by atoms with Gasteiger partial charge in [-0.1, -0.05) is 61.5 Å². The van der Waals surface area contributed by atoms with Crippen molar-refractivity contribution in [2.75, 3.05) is 53.6 Å².